The van der Waals surface area contributed by atoms with Crippen LogP contribution in [0, 0.1) is 5.92 Å². The van der Waals surface area contributed by atoms with Gasteiger partial charge in [0.2, 0.25) is 0 Å². The number of pyridine rings is 1. The molecule has 0 aliphatic carbocycles. The molecule has 0 spiro atoms. The Morgan fingerprint density at radius 1 is 1.00 bits per heavy atom. The molecule has 0 N–H and O–H groups in total. The van der Waals surface area contributed by atoms with E-state index in [0.717, 1.165) is 6.42 Å². The van der Waals surface area contributed by atoms with E-state index in [1.807, 2.05) is 12.4 Å². The summed E-state index contributed by atoms with van der Waals surface area (Å²) in [5.74, 6) is 1.85. The van der Waals surface area contributed by atoms with Gasteiger partial charge in [-0.2, -0.15) is 0 Å². The maximum Gasteiger partial charge on any atom is 0.0302 e. The summed E-state index contributed by atoms with van der Waals surface area (Å²) < 4.78 is 0. The van der Waals surface area contributed by atoms with E-state index in [1.165, 1.54) is 23.1 Å². The van der Waals surface area contributed by atoms with Gasteiger partial charge in [0.25, 0.3) is 0 Å². The Morgan fingerprint density at radius 3 is 2.38 bits per heavy atom. The summed E-state index contributed by atoms with van der Waals surface area (Å²) in [6.45, 7) is 9.28. The second-order valence-electron chi connectivity index (χ2n) is 6.24. The van der Waals surface area contributed by atoms with Crippen molar-refractivity contribution in [2.24, 2.45) is 5.92 Å². The molecule has 0 amide bonds. The van der Waals surface area contributed by atoms with Crippen molar-refractivity contribution in [2.75, 3.05) is 0 Å². The molecule has 1 aromatic carbocycles. The molecule has 1 nitrogen and oxygen atoms in total. The molecular weight excluding hydrogens is 254 g/mol. The van der Waals surface area contributed by atoms with E-state index in [4.69, 9.17) is 0 Å². The van der Waals surface area contributed by atoms with Crippen LogP contribution in [0.1, 0.15) is 62.6 Å². The molecule has 0 fully saturated rings. The molecule has 0 aliphatic heterocycles. The van der Waals surface area contributed by atoms with Crippen molar-refractivity contribution in [2.45, 2.75) is 52.4 Å². The highest BCUT2D eigenvalue weighted by Gasteiger charge is 2.19. The van der Waals surface area contributed by atoms with E-state index >= 15 is 0 Å². The average Bonchev–Trinajstić information content (AvgIpc) is 2.54. The quantitative estimate of drug-likeness (QED) is 0.673. The van der Waals surface area contributed by atoms with Crippen LogP contribution < -0.4 is 0 Å². The molecule has 0 radical (unpaired) electrons. The van der Waals surface area contributed by atoms with Crippen molar-refractivity contribution in [1.29, 1.82) is 0 Å². The summed E-state index contributed by atoms with van der Waals surface area (Å²) >= 11 is 0. The zero-order valence-corrected chi connectivity index (χ0v) is 13.7. The van der Waals surface area contributed by atoms with Crippen LogP contribution in [-0.4, -0.2) is 4.98 Å². The Morgan fingerprint density at radius 2 is 1.71 bits per heavy atom. The average molecular weight is 281 g/mol. The van der Waals surface area contributed by atoms with Crippen molar-refractivity contribution in [3.63, 3.8) is 0 Å². The molecule has 0 aliphatic rings. The minimum atomic E-state index is 0.587. The lowest BCUT2D eigenvalue weighted by Crippen LogP contribution is -2.11. The predicted octanol–water partition coefficient (Wildman–Crippen LogP) is 5.58. The molecule has 0 saturated heterocycles. The third-order valence-electron chi connectivity index (χ3n) is 4.76. The predicted molar refractivity (Wildman–Crippen MR) is 90.7 cm³/mol. The van der Waals surface area contributed by atoms with E-state index in [9.17, 15) is 0 Å². The number of aromatic nitrogens is 1. The highest BCUT2D eigenvalue weighted by atomic mass is 14.6. The first kappa shape index (κ1) is 15.8. The molecular formula is C20H27N. The van der Waals surface area contributed by atoms with Gasteiger partial charge in [0.1, 0.15) is 0 Å². The minimum Gasteiger partial charge on any atom is -0.264 e. The summed E-state index contributed by atoms with van der Waals surface area (Å²) in [6.07, 6.45) is 6.23. The second-order valence-corrected chi connectivity index (χ2v) is 6.24. The Balaban J connectivity index is 2.06. The lowest BCUT2D eigenvalue weighted by molar-refractivity contribution is 0.420. The monoisotopic (exact) mass is 281 g/mol. The molecule has 1 aromatic heterocycles. The van der Waals surface area contributed by atoms with Crippen LogP contribution in [-0.2, 0) is 6.42 Å². The lowest BCUT2D eigenvalue weighted by atomic mass is 9.80. The summed E-state index contributed by atoms with van der Waals surface area (Å²) in [6, 6.07) is 13.1. The zero-order chi connectivity index (χ0) is 15.2. The number of aryl methyl sites for hydroxylation is 1. The smallest absolute Gasteiger partial charge is 0.0302 e. The van der Waals surface area contributed by atoms with Gasteiger partial charge in [-0.3, -0.25) is 4.98 Å². The van der Waals surface area contributed by atoms with Crippen LogP contribution in [0.3, 0.4) is 0 Å². The maximum absolute atomic E-state index is 4.26. The summed E-state index contributed by atoms with van der Waals surface area (Å²) in [4.78, 5) is 4.26. The topological polar surface area (TPSA) is 12.9 Å². The molecule has 0 saturated carbocycles. The van der Waals surface area contributed by atoms with Crippen LogP contribution in [0.2, 0.25) is 0 Å². The van der Waals surface area contributed by atoms with E-state index in [2.05, 4.69) is 69.1 Å². The molecule has 112 valence electrons. The fourth-order valence-corrected chi connectivity index (χ4v) is 3.19. The Hall–Kier alpha value is -1.63. The first-order valence-electron chi connectivity index (χ1n) is 8.11. The SMILES string of the molecule is CCc1cnccc1C(C)CC(C)C(C)c1ccccc1. The second kappa shape index (κ2) is 7.40. The zero-order valence-electron chi connectivity index (χ0n) is 13.7. The fraction of sp³-hybridized carbons (Fsp3) is 0.450. The van der Waals surface area contributed by atoms with Gasteiger partial charge in [0.05, 0.1) is 0 Å². The number of nitrogens with zero attached hydrogens (tertiary/aromatic N) is 1. The first-order chi connectivity index (χ1) is 10.1. The Labute approximate surface area is 129 Å². The van der Waals surface area contributed by atoms with Gasteiger partial charge in [-0.15, -0.1) is 0 Å². The molecule has 3 atom stereocenters. The van der Waals surface area contributed by atoms with Crippen LogP contribution in [0.5, 0.6) is 0 Å². The van der Waals surface area contributed by atoms with Gasteiger partial charge in [-0.1, -0.05) is 58.0 Å². The number of benzene rings is 1. The van der Waals surface area contributed by atoms with E-state index in [-0.39, 0.29) is 0 Å². The van der Waals surface area contributed by atoms with Gasteiger partial charge < -0.3 is 0 Å². The Bertz CT molecular complexity index is 547. The summed E-state index contributed by atoms with van der Waals surface area (Å²) in [7, 11) is 0. The highest BCUT2D eigenvalue weighted by molar-refractivity contribution is 5.27. The highest BCUT2D eigenvalue weighted by Crippen LogP contribution is 2.33. The summed E-state index contributed by atoms with van der Waals surface area (Å²) in [5.41, 5.74) is 4.31. The van der Waals surface area contributed by atoms with Crippen molar-refractivity contribution in [3.05, 3.63) is 65.5 Å². The van der Waals surface area contributed by atoms with Crippen molar-refractivity contribution >= 4 is 0 Å². The molecule has 21 heavy (non-hydrogen) atoms. The van der Waals surface area contributed by atoms with Crippen LogP contribution in [0.15, 0.2) is 48.8 Å². The molecule has 1 heteroatoms. The van der Waals surface area contributed by atoms with Crippen LogP contribution in [0.4, 0.5) is 0 Å². The summed E-state index contributed by atoms with van der Waals surface area (Å²) in [5, 5.41) is 0. The van der Waals surface area contributed by atoms with E-state index in [1.54, 1.807) is 0 Å². The van der Waals surface area contributed by atoms with Gasteiger partial charge in [0.15, 0.2) is 0 Å². The maximum atomic E-state index is 4.26. The third-order valence-corrected chi connectivity index (χ3v) is 4.76. The Kier molecular flexibility index (Phi) is 5.55. The number of hydrogen-bond acceptors (Lipinski definition) is 1. The van der Waals surface area contributed by atoms with Gasteiger partial charge in [-0.25, -0.2) is 0 Å². The molecule has 2 aromatic rings. The fourth-order valence-electron chi connectivity index (χ4n) is 3.19. The number of hydrogen-bond donors (Lipinski definition) is 0. The largest absolute Gasteiger partial charge is 0.264 e. The van der Waals surface area contributed by atoms with Crippen molar-refractivity contribution in [1.82, 2.24) is 4.98 Å². The van der Waals surface area contributed by atoms with Gasteiger partial charge >= 0.3 is 0 Å². The van der Waals surface area contributed by atoms with Gasteiger partial charge in [0, 0.05) is 12.4 Å². The third kappa shape index (κ3) is 3.93. The van der Waals surface area contributed by atoms with Gasteiger partial charge in [-0.05, 0) is 53.4 Å². The van der Waals surface area contributed by atoms with Crippen LogP contribution >= 0.6 is 0 Å². The van der Waals surface area contributed by atoms with E-state index in [0.29, 0.717) is 17.8 Å². The van der Waals surface area contributed by atoms with Crippen LogP contribution in [0.25, 0.3) is 0 Å². The molecule has 1 heterocycles. The van der Waals surface area contributed by atoms with E-state index < -0.39 is 0 Å². The molecule has 2 rings (SSSR count). The van der Waals surface area contributed by atoms with Crippen molar-refractivity contribution in [3.8, 4) is 0 Å². The van der Waals surface area contributed by atoms with Crippen molar-refractivity contribution < 1.29 is 0 Å². The number of rotatable bonds is 6. The normalized spacial score (nSPS) is 15.4. The standard InChI is InChI=1S/C20H27N/c1-5-18-14-21-12-11-20(18)16(3)13-15(2)17(4)19-9-7-6-8-10-19/h6-12,14-17H,5,13H2,1-4H3. The first-order valence-corrected chi connectivity index (χ1v) is 8.11. The molecule has 3 unspecified atom stereocenters. The minimum absolute atomic E-state index is 0.587. The molecule has 0 bridgehead atoms. The lowest BCUT2D eigenvalue weighted by Gasteiger charge is -2.25.